The third-order valence-electron chi connectivity index (χ3n) is 3.28. The summed E-state index contributed by atoms with van der Waals surface area (Å²) in [7, 11) is 3.26. The summed E-state index contributed by atoms with van der Waals surface area (Å²) in [6.07, 6.45) is 2.61. The van der Waals surface area contributed by atoms with E-state index in [0.29, 0.717) is 11.5 Å². The molecule has 2 aromatic rings. The van der Waals surface area contributed by atoms with Gasteiger partial charge in [0.15, 0.2) is 11.5 Å². The van der Waals surface area contributed by atoms with Gasteiger partial charge >= 0.3 is 0 Å². The molecule has 1 N–H and O–H groups in total. The van der Waals surface area contributed by atoms with E-state index in [-0.39, 0.29) is 0 Å². The topological polar surface area (TPSA) is 56.3 Å². The van der Waals surface area contributed by atoms with E-state index in [1.165, 1.54) is 0 Å². The molecule has 0 spiro atoms. The quantitative estimate of drug-likeness (QED) is 0.883. The molecule has 112 valence electrons. The zero-order valence-corrected chi connectivity index (χ0v) is 12.9. The van der Waals surface area contributed by atoms with Gasteiger partial charge in [-0.05, 0) is 25.5 Å². The van der Waals surface area contributed by atoms with Crippen molar-refractivity contribution in [3.8, 4) is 22.8 Å². The fourth-order valence-electron chi connectivity index (χ4n) is 2.22. The van der Waals surface area contributed by atoms with Gasteiger partial charge < -0.3 is 14.8 Å². The Morgan fingerprint density at radius 3 is 2.62 bits per heavy atom. The minimum Gasteiger partial charge on any atom is -0.493 e. The number of ether oxygens (including phenoxy) is 2. The molecule has 1 aromatic heterocycles. The summed E-state index contributed by atoms with van der Waals surface area (Å²) in [4.78, 5) is 8.72. The first-order valence-corrected chi connectivity index (χ1v) is 6.99. The lowest BCUT2D eigenvalue weighted by atomic mass is 10.1. The molecule has 0 fully saturated rings. The smallest absolute Gasteiger partial charge is 0.170 e. The van der Waals surface area contributed by atoms with Crippen molar-refractivity contribution in [2.45, 2.75) is 20.3 Å². The molecule has 2 rings (SSSR count). The molecular weight excluding hydrogens is 266 g/mol. The van der Waals surface area contributed by atoms with Crippen LogP contribution in [0.4, 0.5) is 5.82 Å². The van der Waals surface area contributed by atoms with Crippen LogP contribution in [0.1, 0.15) is 18.9 Å². The number of para-hydroxylation sites is 1. The van der Waals surface area contributed by atoms with Crippen LogP contribution in [0.3, 0.4) is 0 Å². The number of nitrogens with one attached hydrogen (secondary N) is 1. The third kappa shape index (κ3) is 3.07. The molecule has 0 aliphatic rings. The van der Waals surface area contributed by atoms with Crippen molar-refractivity contribution in [1.29, 1.82) is 0 Å². The van der Waals surface area contributed by atoms with Crippen LogP contribution in [0.25, 0.3) is 11.3 Å². The second kappa shape index (κ2) is 6.92. The third-order valence-corrected chi connectivity index (χ3v) is 3.28. The second-order valence-corrected chi connectivity index (χ2v) is 4.66. The first kappa shape index (κ1) is 15.1. The zero-order valence-electron chi connectivity index (χ0n) is 12.9. The van der Waals surface area contributed by atoms with Gasteiger partial charge in [-0.1, -0.05) is 13.0 Å². The van der Waals surface area contributed by atoms with Crippen molar-refractivity contribution in [3.05, 3.63) is 30.1 Å². The Bertz CT molecular complexity index is 614. The van der Waals surface area contributed by atoms with Crippen LogP contribution in [-0.2, 0) is 0 Å². The van der Waals surface area contributed by atoms with E-state index in [2.05, 4.69) is 22.2 Å². The largest absolute Gasteiger partial charge is 0.493 e. The average Bonchev–Trinajstić information content (AvgIpc) is 2.53. The molecule has 0 radical (unpaired) electrons. The summed E-state index contributed by atoms with van der Waals surface area (Å²) in [5.41, 5.74) is 2.74. The molecule has 0 aliphatic heterocycles. The predicted molar refractivity (Wildman–Crippen MR) is 84.1 cm³/mol. The molecule has 0 saturated heterocycles. The Labute approximate surface area is 125 Å². The van der Waals surface area contributed by atoms with Crippen molar-refractivity contribution in [1.82, 2.24) is 9.97 Å². The van der Waals surface area contributed by atoms with E-state index in [1.807, 2.05) is 25.1 Å². The Hall–Kier alpha value is -2.30. The summed E-state index contributed by atoms with van der Waals surface area (Å²) < 4.78 is 10.8. The van der Waals surface area contributed by atoms with Crippen LogP contribution in [-0.4, -0.2) is 30.7 Å². The highest BCUT2D eigenvalue weighted by Crippen LogP contribution is 2.38. The number of hydrogen-bond donors (Lipinski definition) is 1. The van der Waals surface area contributed by atoms with Gasteiger partial charge in [-0.25, -0.2) is 9.97 Å². The molecule has 5 nitrogen and oxygen atoms in total. The number of methoxy groups -OCH3 is 2. The summed E-state index contributed by atoms with van der Waals surface area (Å²) >= 11 is 0. The van der Waals surface area contributed by atoms with Gasteiger partial charge in [-0.15, -0.1) is 0 Å². The van der Waals surface area contributed by atoms with Gasteiger partial charge in [-0.2, -0.15) is 0 Å². The maximum absolute atomic E-state index is 5.49. The van der Waals surface area contributed by atoms with E-state index in [9.17, 15) is 0 Å². The van der Waals surface area contributed by atoms with Crippen molar-refractivity contribution in [2.75, 3.05) is 26.1 Å². The molecule has 0 bridgehead atoms. The van der Waals surface area contributed by atoms with Crippen LogP contribution < -0.4 is 14.8 Å². The maximum atomic E-state index is 5.49. The van der Waals surface area contributed by atoms with Crippen LogP contribution in [0.15, 0.2) is 24.5 Å². The summed E-state index contributed by atoms with van der Waals surface area (Å²) in [6, 6.07) is 5.77. The molecule has 1 aromatic carbocycles. The fraction of sp³-hybridized carbons (Fsp3) is 0.375. The molecular formula is C16H21N3O2. The second-order valence-electron chi connectivity index (χ2n) is 4.66. The van der Waals surface area contributed by atoms with Gasteiger partial charge in [-0.3, -0.25) is 0 Å². The first-order valence-electron chi connectivity index (χ1n) is 6.99. The number of nitrogens with zero attached hydrogens (tertiary/aromatic N) is 2. The number of hydrogen-bond acceptors (Lipinski definition) is 5. The minimum atomic E-state index is 0.684. The monoisotopic (exact) mass is 287 g/mol. The van der Waals surface area contributed by atoms with Gasteiger partial charge in [0.25, 0.3) is 0 Å². The number of aromatic nitrogens is 2. The number of benzene rings is 1. The standard InChI is InChI=1S/C16H21N3O2/c1-5-9-17-16-11(2)14(18-10-19-16)12-7-6-8-13(20-3)15(12)21-4/h6-8,10H,5,9H2,1-4H3,(H,17,18,19). The van der Waals surface area contributed by atoms with Gasteiger partial charge in [0.05, 0.1) is 19.9 Å². The predicted octanol–water partition coefficient (Wildman–Crippen LogP) is 3.29. The van der Waals surface area contributed by atoms with E-state index in [0.717, 1.165) is 35.6 Å². The highest BCUT2D eigenvalue weighted by atomic mass is 16.5. The number of anilines is 1. The summed E-state index contributed by atoms with van der Waals surface area (Å²) in [5.74, 6) is 2.23. The van der Waals surface area contributed by atoms with Crippen molar-refractivity contribution >= 4 is 5.82 Å². The van der Waals surface area contributed by atoms with E-state index < -0.39 is 0 Å². The SMILES string of the molecule is CCCNc1ncnc(-c2cccc(OC)c2OC)c1C. The molecule has 5 heteroatoms. The molecule has 0 aliphatic carbocycles. The Morgan fingerprint density at radius 1 is 1.14 bits per heavy atom. The van der Waals surface area contributed by atoms with Crippen molar-refractivity contribution < 1.29 is 9.47 Å². The Kier molecular flexibility index (Phi) is 4.98. The fourth-order valence-corrected chi connectivity index (χ4v) is 2.22. The van der Waals surface area contributed by atoms with Gasteiger partial charge in [0.1, 0.15) is 12.1 Å². The lowest BCUT2D eigenvalue weighted by Gasteiger charge is -2.15. The maximum Gasteiger partial charge on any atom is 0.170 e. The molecule has 0 amide bonds. The average molecular weight is 287 g/mol. The van der Waals surface area contributed by atoms with Gasteiger partial charge in [0.2, 0.25) is 0 Å². The highest BCUT2D eigenvalue weighted by molar-refractivity contribution is 5.75. The molecule has 1 heterocycles. The molecule has 0 unspecified atom stereocenters. The summed E-state index contributed by atoms with van der Waals surface area (Å²) in [6.45, 7) is 5.01. The number of rotatable bonds is 6. The zero-order chi connectivity index (χ0) is 15.2. The van der Waals surface area contributed by atoms with Gasteiger partial charge in [0, 0.05) is 17.7 Å². The molecule has 0 saturated carbocycles. The van der Waals surface area contributed by atoms with Crippen molar-refractivity contribution in [2.24, 2.45) is 0 Å². The van der Waals surface area contributed by atoms with Crippen LogP contribution >= 0.6 is 0 Å². The highest BCUT2D eigenvalue weighted by Gasteiger charge is 2.16. The van der Waals surface area contributed by atoms with E-state index >= 15 is 0 Å². The van der Waals surface area contributed by atoms with E-state index in [1.54, 1.807) is 20.5 Å². The molecule has 0 atom stereocenters. The normalized spacial score (nSPS) is 10.3. The van der Waals surface area contributed by atoms with E-state index in [4.69, 9.17) is 9.47 Å². The minimum absolute atomic E-state index is 0.684. The Balaban J connectivity index is 2.52. The Morgan fingerprint density at radius 2 is 1.95 bits per heavy atom. The first-order chi connectivity index (χ1) is 10.2. The van der Waals surface area contributed by atoms with Crippen LogP contribution in [0, 0.1) is 6.92 Å². The van der Waals surface area contributed by atoms with Crippen LogP contribution in [0.5, 0.6) is 11.5 Å². The molecule has 21 heavy (non-hydrogen) atoms. The summed E-state index contributed by atoms with van der Waals surface area (Å²) in [5, 5.41) is 3.32. The van der Waals surface area contributed by atoms with Crippen molar-refractivity contribution in [3.63, 3.8) is 0 Å². The lowest BCUT2D eigenvalue weighted by Crippen LogP contribution is -2.06. The lowest BCUT2D eigenvalue weighted by molar-refractivity contribution is 0.356. The van der Waals surface area contributed by atoms with Crippen LogP contribution in [0.2, 0.25) is 0 Å².